The quantitative estimate of drug-likeness (QED) is 0.304. The van der Waals surface area contributed by atoms with E-state index in [-0.39, 0.29) is 208 Å². The largest absolute Gasteiger partial charge is 1.00 e. The molecule has 0 atom stereocenters. The van der Waals surface area contributed by atoms with Crippen LogP contribution in [0, 0.1) is 0 Å². The first-order chi connectivity index (χ1) is 1.73. The van der Waals surface area contributed by atoms with Gasteiger partial charge in [-0.2, -0.15) is 0 Å². The fourth-order valence-electron chi connectivity index (χ4n) is 0. The molecule has 6 N–H and O–H groups in total. The molecule has 0 aromatic carbocycles. The second kappa shape index (κ2) is 61.2. The SMILES string of the molecule is O.O.O.[Cl-].[Cl-].[Cl-].[Cl][Rh]([Cl])[Cl].[K+].[K+].[K+]. The number of hydrogen-bond donors (Lipinski definition) is 0. The fraction of sp³-hybridized carbons (Fsp3) is 0. The van der Waals surface area contributed by atoms with Crippen LogP contribution < -0.4 is 191 Å². The molecule has 13 heavy (non-hydrogen) atoms. The van der Waals surface area contributed by atoms with Crippen molar-refractivity contribution in [2.24, 2.45) is 0 Å². The molecule has 0 saturated carbocycles. The van der Waals surface area contributed by atoms with E-state index in [4.69, 9.17) is 29.1 Å². The molecule has 78 valence electrons. The van der Waals surface area contributed by atoms with Gasteiger partial charge >= 0.3 is 196 Å². The van der Waals surface area contributed by atoms with E-state index in [9.17, 15) is 0 Å². The summed E-state index contributed by atoms with van der Waals surface area (Å²) >= 11 is -1.66. The molecule has 0 radical (unpaired) electrons. The smallest absolute Gasteiger partial charge is 1.00 e. The monoisotopic (exact) mass is 484 g/mol. The van der Waals surface area contributed by atoms with E-state index in [1.54, 1.807) is 0 Å². The van der Waals surface area contributed by atoms with Crippen molar-refractivity contribution in [2.75, 3.05) is 0 Å². The summed E-state index contributed by atoms with van der Waals surface area (Å²) in [4.78, 5) is 0. The first kappa shape index (κ1) is 71.7. The average Bonchev–Trinajstić information content (AvgIpc) is 0.811. The molecule has 0 amide bonds. The van der Waals surface area contributed by atoms with Gasteiger partial charge in [0.25, 0.3) is 0 Å². The van der Waals surface area contributed by atoms with Crippen LogP contribution in [0.2, 0.25) is 0 Å². The molecular weight excluding hydrogens is 481 g/mol. The first-order valence-corrected chi connectivity index (χ1v) is 6.71. The molecule has 0 aromatic heterocycles. The zero-order valence-electron chi connectivity index (χ0n) is 7.10. The molecule has 0 spiro atoms. The van der Waals surface area contributed by atoms with Crippen molar-refractivity contribution in [1.29, 1.82) is 0 Å². The van der Waals surface area contributed by atoms with Crippen molar-refractivity contribution < 1.29 is 221 Å². The molecule has 0 aromatic rings. The minimum atomic E-state index is -1.66. The molecule has 0 aliphatic heterocycles. The molecular formula is H6Cl6K3O3Rh. The number of halogens is 6. The minimum Gasteiger partial charge on any atom is 1.00 e. The van der Waals surface area contributed by atoms with Gasteiger partial charge in [-0.3, -0.25) is 0 Å². The summed E-state index contributed by atoms with van der Waals surface area (Å²) in [5.41, 5.74) is 0. The number of rotatable bonds is 0. The van der Waals surface area contributed by atoms with E-state index < -0.39 is 13.0 Å². The third-order valence-corrected chi connectivity index (χ3v) is 0. The molecule has 0 aliphatic rings. The average molecular weight is 487 g/mol. The van der Waals surface area contributed by atoms with Gasteiger partial charge in [0.2, 0.25) is 0 Å². The minimum absolute atomic E-state index is 0. The molecule has 13 heteroatoms. The molecule has 0 rings (SSSR count). The normalized spacial score (nSPS) is 3.46. The Morgan fingerprint density at radius 1 is 0.538 bits per heavy atom. The van der Waals surface area contributed by atoms with E-state index in [1.807, 2.05) is 0 Å². The van der Waals surface area contributed by atoms with Crippen molar-refractivity contribution >= 4 is 29.1 Å². The van der Waals surface area contributed by atoms with E-state index in [0.717, 1.165) is 0 Å². The van der Waals surface area contributed by atoms with Crippen molar-refractivity contribution in [1.82, 2.24) is 0 Å². The summed E-state index contributed by atoms with van der Waals surface area (Å²) in [5.74, 6) is 0. The first-order valence-electron chi connectivity index (χ1n) is 0.378. The van der Waals surface area contributed by atoms with Crippen LogP contribution in [0.15, 0.2) is 0 Å². The number of hydrogen-bond acceptors (Lipinski definition) is 0. The maximum absolute atomic E-state index is 4.94. The second-order valence-corrected chi connectivity index (χ2v) is 7.61. The van der Waals surface area contributed by atoms with Crippen LogP contribution in [0.1, 0.15) is 0 Å². The summed E-state index contributed by atoms with van der Waals surface area (Å²) in [7, 11) is 14.8. The third kappa shape index (κ3) is 110. The molecule has 0 fully saturated rings. The van der Waals surface area contributed by atoms with Gasteiger partial charge in [-0.15, -0.1) is 0 Å². The molecule has 0 saturated heterocycles. The van der Waals surface area contributed by atoms with Gasteiger partial charge in [0.1, 0.15) is 0 Å². The Hall–Kier alpha value is 7.15. The second-order valence-electron chi connectivity index (χ2n) is 0.143. The van der Waals surface area contributed by atoms with Gasteiger partial charge in [-0.25, -0.2) is 0 Å². The molecule has 0 aliphatic carbocycles. The summed E-state index contributed by atoms with van der Waals surface area (Å²) in [6.45, 7) is 0. The Kier molecular flexibility index (Phi) is 338. The van der Waals surface area contributed by atoms with Crippen LogP contribution in [0.3, 0.4) is 0 Å². The van der Waals surface area contributed by atoms with Crippen LogP contribution in [-0.2, 0) is 13.0 Å². The van der Waals surface area contributed by atoms with E-state index in [1.165, 1.54) is 0 Å². The Morgan fingerprint density at radius 2 is 0.538 bits per heavy atom. The summed E-state index contributed by atoms with van der Waals surface area (Å²) in [6, 6.07) is 0. The van der Waals surface area contributed by atoms with Crippen LogP contribution in [0.5, 0.6) is 0 Å². The van der Waals surface area contributed by atoms with Gasteiger partial charge in [-0.05, 0) is 0 Å². The van der Waals surface area contributed by atoms with Crippen LogP contribution in [0.25, 0.3) is 0 Å². The van der Waals surface area contributed by atoms with Gasteiger partial charge in [0.05, 0.1) is 0 Å². The zero-order valence-corrected chi connectivity index (χ0v) is 22.6. The third-order valence-electron chi connectivity index (χ3n) is 0. The molecule has 3 nitrogen and oxygen atoms in total. The zero-order chi connectivity index (χ0) is 3.58. The molecule has 0 unspecified atom stereocenters. The Morgan fingerprint density at radius 3 is 0.538 bits per heavy atom. The summed E-state index contributed by atoms with van der Waals surface area (Å²) in [6.07, 6.45) is 0. The van der Waals surface area contributed by atoms with Crippen LogP contribution in [-0.4, -0.2) is 16.4 Å². The molecule has 0 bridgehead atoms. The van der Waals surface area contributed by atoms with Gasteiger partial charge in [0, 0.05) is 0 Å². The maximum atomic E-state index is 4.94. The fourth-order valence-corrected chi connectivity index (χ4v) is 0. The van der Waals surface area contributed by atoms with E-state index >= 15 is 0 Å². The van der Waals surface area contributed by atoms with Crippen LogP contribution in [0.4, 0.5) is 0 Å². The van der Waals surface area contributed by atoms with Gasteiger partial charge in [0.15, 0.2) is 0 Å². The Balaban J connectivity index is -0.00000000125. The van der Waals surface area contributed by atoms with Crippen molar-refractivity contribution in [3.05, 3.63) is 0 Å². The van der Waals surface area contributed by atoms with Crippen molar-refractivity contribution in [2.45, 2.75) is 0 Å². The predicted octanol–water partition coefficient (Wildman–Crippen LogP) is -18.4. The van der Waals surface area contributed by atoms with Crippen molar-refractivity contribution in [3.8, 4) is 0 Å². The van der Waals surface area contributed by atoms with Gasteiger partial charge < -0.3 is 53.6 Å². The summed E-state index contributed by atoms with van der Waals surface area (Å²) < 4.78 is 0. The standard InChI is InChI=1S/6ClH.3K.3H2O.Rh/h6*1H;;;;3*1H2;/q;;;;;;3*+1;;;;+3/p-6. The topological polar surface area (TPSA) is 94.5 Å². The van der Waals surface area contributed by atoms with E-state index in [0.29, 0.717) is 0 Å². The van der Waals surface area contributed by atoms with E-state index in [2.05, 4.69) is 0 Å². The molecule has 0 heterocycles. The van der Waals surface area contributed by atoms with Gasteiger partial charge in [-0.1, -0.05) is 0 Å². The van der Waals surface area contributed by atoms with Crippen molar-refractivity contribution in [3.63, 3.8) is 0 Å². The van der Waals surface area contributed by atoms with Crippen LogP contribution >= 0.6 is 29.1 Å². The maximum Gasteiger partial charge on any atom is 1.00 e. The Bertz CT molecular complexity index is 27.8. The Labute approximate surface area is 242 Å². The summed E-state index contributed by atoms with van der Waals surface area (Å²) in [5, 5.41) is 0. The predicted molar refractivity (Wildman–Crippen MR) is 28.4 cm³/mol.